The van der Waals surface area contributed by atoms with Crippen molar-refractivity contribution in [2.75, 3.05) is 0 Å². The van der Waals surface area contributed by atoms with Crippen LogP contribution in [0.2, 0.25) is 19.6 Å². The van der Waals surface area contributed by atoms with Gasteiger partial charge in [-0.05, 0) is 28.7 Å². The summed E-state index contributed by atoms with van der Waals surface area (Å²) in [6, 6.07) is 8.72. The van der Waals surface area contributed by atoms with E-state index in [1.165, 1.54) is 11.1 Å². The SMILES string of the molecule is CC(C)(C)c1ccc(/C=C/C#C[Si](C)(C)C)cc1. The van der Waals surface area contributed by atoms with Crippen molar-refractivity contribution in [1.29, 1.82) is 0 Å². The van der Waals surface area contributed by atoms with Gasteiger partial charge in [-0.3, -0.25) is 0 Å². The number of rotatable bonds is 1. The monoisotopic (exact) mass is 256 g/mol. The minimum absolute atomic E-state index is 0.222. The van der Waals surface area contributed by atoms with Gasteiger partial charge in [0.2, 0.25) is 0 Å². The van der Waals surface area contributed by atoms with E-state index in [4.69, 9.17) is 0 Å². The molecule has 1 heteroatoms. The third kappa shape index (κ3) is 5.38. The lowest BCUT2D eigenvalue weighted by Crippen LogP contribution is -2.16. The normalized spacial score (nSPS) is 12.3. The Morgan fingerprint density at radius 3 is 2.00 bits per heavy atom. The molecule has 0 nitrogen and oxygen atoms in total. The summed E-state index contributed by atoms with van der Waals surface area (Å²) in [6.45, 7) is 13.5. The van der Waals surface area contributed by atoms with E-state index >= 15 is 0 Å². The van der Waals surface area contributed by atoms with Gasteiger partial charge in [0.25, 0.3) is 0 Å². The average molecular weight is 256 g/mol. The van der Waals surface area contributed by atoms with E-state index < -0.39 is 8.07 Å². The molecule has 0 spiro atoms. The molecule has 0 atom stereocenters. The van der Waals surface area contributed by atoms with E-state index in [1.54, 1.807) is 0 Å². The van der Waals surface area contributed by atoms with Crippen LogP contribution in [0.5, 0.6) is 0 Å². The second-order valence-corrected chi connectivity index (χ2v) is 11.5. The van der Waals surface area contributed by atoms with Gasteiger partial charge in [0, 0.05) is 0 Å². The van der Waals surface area contributed by atoms with Crippen molar-refractivity contribution >= 4 is 14.1 Å². The highest BCUT2D eigenvalue weighted by Crippen LogP contribution is 2.22. The van der Waals surface area contributed by atoms with Crippen LogP contribution in [0.25, 0.3) is 6.08 Å². The van der Waals surface area contributed by atoms with Crippen LogP contribution < -0.4 is 0 Å². The first-order valence-electron chi connectivity index (χ1n) is 6.48. The molecular formula is C17H24Si. The molecule has 0 aliphatic rings. The predicted molar refractivity (Wildman–Crippen MR) is 85.3 cm³/mol. The van der Waals surface area contributed by atoms with Gasteiger partial charge >= 0.3 is 0 Å². The summed E-state index contributed by atoms with van der Waals surface area (Å²) < 4.78 is 0. The molecule has 1 rings (SSSR count). The van der Waals surface area contributed by atoms with E-state index in [2.05, 4.69) is 82.2 Å². The average Bonchev–Trinajstić information content (AvgIpc) is 2.22. The second-order valence-electron chi connectivity index (χ2n) is 6.72. The van der Waals surface area contributed by atoms with Crippen LogP contribution in [0.3, 0.4) is 0 Å². The molecule has 0 aliphatic carbocycles. The third-order valence-corrected chi connectivity index (χ3v) is 3.48. The van der Waals surface area contributed by atoms with Crippen LogP contribution in [-0.2, 0) is 5.41 Å². The van der Waals surface area contributed by atoms with Gasteiger partial charge in [-0.25, -0.2) is 0 Å². The molecule has 0 amide bonds. The standard InChI is InChI=1S/C17H24Si/c1-17(2,3)16-12-10-15(11-13-16)9-7-8-14-18(4,5)6/h7,9-13H,1-6H3/b9-7+. The van der Waals surface area contributed by atoms with E-state index in [-0.39, 0.29) is 5.41 Å². The maximum absolute atomic E-state index is 3.33. The molecule has 0 radical (unpaired) electrons. The summed E-state index contributed by atoms with van der Waals surface area (Å²) in [6.07, 6.45) is 4.05. The fraction of sp³-hybridized carbons (Fsp3) is 0.412. The Balaban J connectivity index is 2.75. The van der Waals surface area contributed by atoms with Crippen molar-refractivity contribution in [2.45, 2.75) is 45.8 Å². The van der Waals surface area contributed by atoms with Gasteiger partial charge in [0.1, 0.15) is 8.07 Å². The van der Waals surface area contributed by atoms with Gasteiger partial charge in [-0.15, -0.1) is 5.54 Å². The first-order chi connectivity index (χ1) is 8.18. The maximum atomic E-state index is 3.33. The molecule has 18 heavy (non-hydrogen) atoms. The second kappa shape index (κ2) is 5.59. The Kier molecular flexibility index (Phi) is 4.59. The zero-order valence-corrected chi connectivity index (χ0v) is 13.5. The molecule has 0 N–H and O–H groups in total. The highest BCUT2D eigenvalue weighted by atomic mass is 28.3. The summed E-state index contributed by atoms with van der Waals surface area (Å²) in [7, 11) is -1.24. The Labute approximate surface area is 113 Å². The van der Waals surface area contributed by atoms with Crippen molar-refractivity contribution in [2.24, 2.45) is 0 Å². The van der Waals surface area contributed by atoms with Crippen LogP contribution in [0.1, 0.15) is 31.9 Å². The van der Waals surface area contributed by atoms with Crippen molar-refractivity contribution in [1.82, 2.24) is 0 Å². The molecule has 0 saturated heterocycles. The summed E-state index contributed by atoms with van der Waals surface area (Å²) in [4.78, 5) is 0. The van der Waals surface area contributed by atoms with Crippen molar-refractivity contribution in [3.63, 3.8) is 0 Å². The van der Waals surface area contributed by atoms with Gasteiger partial charge in [-0.1, -0.05) is 70.6 Å². The minimum atomic E-state index is -1.24. The Bertz CT molecular complexity index is 468. The molecule has 1 aromatic rings. The molecule has 0 aliphatic heterocycles. The Morgan fingerprint density at radius 1 is 1.00 bits per heavy atom. The molecule has 0 bridgehead atoms. The van der Waals surface area contributed by atoms with Gasteiger partial charge in [0.15, 0.2) is 0 Å². The van der Waals surface area contributed by atoms with Crippen LogP contribution in [0.15, 0.2) is 30.3 Å². The summed E-state index contributed by atoms with van der Waals surface area (Å²) in [5.41, 5.74) is 6.14. The first kappa shape index (κ1) is 14.8. The number of allylic oxidation sites excluding steroid dienone is 1. The van der Waals surface area contributed by atoms with Crippen molar-refractivity contribution in [3.05, 3.63) is 41.5 Å². The highest BCUT2D eigenvalue weighted by molar-refractivity contribution is 6.83. The molecule has 96 valence electrons. The molecule has 1 aromatic carbocycles. The quantitative estimate of drug-likeness (QED) is 0.496. The minimum Gasteiger partial charge on any atom is -0.127 e. The molecule has 0 heterocycles. The largest absolute Gasteiger partial charge is 0.129 e. The lowest BCUT2D eigenvalue weighted by Gasteiger charge is -2.18. The maximum Gasteiger partial charge on any atom is 0.129 e. The number of hydrogen-bond acceptors (Lipinski definition) is 0. The molecule has 0 fully saturated rings. The lowest BCUT2D eigenvalue weighted by atomic mass is 9.87. The predicted octanol–water partition coefficient (Wildman–Crippen LogP) is 4.88. The van der Waals surface area contributed by atoms with Crippen LogP contribution in [-0.4, -0.2) is 8.07 Å². The third-order valence-electron chi connectivity index (χ3n) is 2.58. The Hall–Kier alpha value is -1.26. The van der Waals surface area contributed by atoms with Crippen LogP contribution in [0.4, 0.5) is 0 Å². The molecular weight excluding hydrogens is 232 g/mol. The van der Waals surface area contributed by atoms with Crippen molar-refractivity contribution in [3.8, 4) is 11.5 Å². The van der Waals surface area contributed by atoms with Gasteiger partial charge < -0.3 is 0 Å². The lowest BCUT2D eigenvalue weighted by molar-refractivity contribution is 0.590. The van der Waals surface area contributed by atoms with E-state index in [1.807, 2.05) is 6.08 Å². The first-order valence-corrected chi connectivity index (χ1v) is 9.98. The fourth-order valence-corrected chi connectivity index (χ4v) is 2.01. The zero-order valence-electron chi connectivity index (χ0n) is 12.5. The topological polar surface area (TPSA) is 0 Å². The van der Waals surface area contributed by atoms with Crippen molar-refractivity contribution < 1.29 is 0 Å². The summed E-state index contributed by atoms with van der Waals surface area (Å²) in [5.74, 6) is 3.15. The molecule has 0 saturated carbocycles. The number of benzene rings is 1. The van der Waals surface area contributed by atoms with E-state index in [0.29, 0.717) is 0 Å². The number of hydrogen-bond donors (Lipinski definition) is 0. The van der Waals surface area contributed by atoms with E-state index in [0.717, 1.165) is 0 Å². The molecule has 0 aromatic heterocycles. The summed E-state index contributed by atoms with van der Waals surface area (Å²) in [5, 5.41) is 0. The smallest absolute Gasteiger partial charge is 0.127 e. The van der Waals surface area contributed by atoms with Crippen LogP contribution in [0, 0.1) is 11.5 Å². The van der Waals surface area contributed by atoms with Gasteiger partial charge in [-0.2, -0.15) is 0 Å². The zero-order chi connectivity index (χ0) is 13.8. The van der Waals surface area contributed by atoms with E-state index in [9.17, 15) is 0 Å². The molecule has 0 unspecified atom stereocenters. The Morgan fingerprint density at radius 2 is 1.56 bits per heavy atom. The van der Waals surface area contributed by atoms with Gasteiger partial charge in [0.05, 0.1) is 0 Å². The fourth-order valence-electron chi connectivity index (χ4n) is 1.49. The highest BCUT2D eigenvalue weighted by Gasteiger charge is 2.12. The summed E-state index contributed by atoms with van der Waals surface area (Å²) >= 11 is 0. The van der Waals surface area contributed by atoms with Crippen LogP contribution >= 0.6 is 0 Å².